The molecule has 0 spiro atoms. The molecule has 6 rings (SSSR count). The van der Waals surface area contributed by atoms with Gasteiger partial charge < -0.3 is 14.6 Å². The van der Waals surface area contributed by atoms with E-state index in [9.17, 15) is 10.1 Å². The maximum atomic E-state index is 14.3. The number of rotatable bonds is 3. The van der Waals surface area contributed by atoms with Crippen LogP contribution in [0.2, 0.25) is 0 Å². The third kappa shape index (κ3) is 3.56. The monoisotopic (exact) mass is 498 g/mol. The fourth-order valence-corrected chi connectivity index (χ4v) is 4.94. The molecule has 36 heavy (non-hydrogen) atoms. The predicted molar refractivity (Wildman–Crippen MR) is 142 cm³/mol. The molecule has 0 radical (unpaired) electrons. The minimum absolute atomic E-state index is 0.0287. The van der Waals surface area contributed by atoms with E-state index in [4.69, 9.17) is 21.9 Å². The highest BCUT2D eigenvalue weighted by atomic mass is 16.5. The second kappa shape index (κ2) is 8.76. The summed E-state index contributed by atoms with van der Waals surface area (Å²) >= 11 is 0. The van der Waals surface area contributed by atoms with Gasteiger partial charge in [-0.2, -0.15) is 5.26 Å². The molecule has 6 nitrogen and oxygen atoms in total. The van der Waals surface area contributed by atoms with Crippen molar-refractivity contribution < 1.29 is 31.5 Å². The van der Waals surface area contributed by atoms with E-state index in [1.165, 1.54) is 24.3 Å². The summed E-state index contributed by atoms with van der Waals surface area (Å²) in [5.41, 5.74) is -1.39. The number of ketones is 1. The smallest absolute Gasteiger partial charge is 0.195 e. The first-order valence-corrected chi connectivity index (χ1v) is 11.3. The van der Waals surface area contributed by atoms with Crippen molar-refractivity contribution in [2.75, 3.05) is 44.0 Å². The van der Waals surface area contributed by atoms with Gasteiger partial charge in [-0.05, 0) is 54.6 Å². The average molecular weight is 499 g/mol. The molecule has 0 saturated carbocycles. The summed E-state index contributed by atoms with van der Waals surface area (Å²) in [6.45, 7) is -19.5. The van der Waals surface area contributed by atoms with Crippen molar-refractivity contribution in [2.45, 2.75) is 51.4 Å². The van der Waals surface area contributed by atoms with Crippen LogP contribution in [-0.2, 0) is 16.5 Å². The number of piperidine rings is 1. The number of nitrogens with one attached hydrogen (secondary N) is 1. The Kier molecular flexibility index (Phi) is 2.80. The highest BCUT2D eigenvalue weighted by Gasteiger charge is 2.40. The number of aromatic amines is 1. The van der Waals surface area contributed by atoms with Crippen LogP contribution in [0.3, 0.4) is 0 Å². The molecular formula is C30H34N4O2. The minimum Gasteiger partial charge on any atom is -0.379 e. The number of fused-ring (bicyclic) bond motifs is 4. The normalized spacial score (nSPS) is 35.6. The molecule has 1 aliphatic carbocycles. The molecule has 2 aliphatic heterocycles. The van der Waals surface area contributed by atoms with Crippen molar-refractivity contribution in [3.63, 3.8) is 0 Å². The number of carbonyl (C=O) groups is 1. The maximum Gasteiger partial charge on any atom is 0.195 e. The Hall–Kier alpha value is -3.14. The lowest BCUT2D eigenvalue weighted by Gasteiger charge is -2.42. The number of hydrogen-bond acceptors (Lipinski definition) is 5. The summed E-state index contributed by atoms with van der Waals surface area (Å²) in [5.74, 6) is -0.597. The molecule has 3 aliphatic rings. The topological polar surface area (TPSA) is 72.4 Å². The zero-order valence-corrected chi connectivity index (χ0v) is 19.5. The zero-order valence-electron chi connectivity index (χ0n) is 35.5. The number of nitriles is 1. The molecule has 0 atom stereocenters. The molecule has 6 heteroatoms. The van der Waals surface area contributed by atoms with Gasteiger partial charge in [0.05, 0.1) is 35.8 Å². The third-order valence-corrected chi connectivity index (χ3v) is 6.81. The third-order valence-electron chi connectivity index (χ3n) is 6.81. The lowest BCUT2D eigenvalue weighted by atomic mass is 9.70. The molecule has 2 aromatic carbocycles. The molecular weight excluding hydrogens is 448 g/mol. The van der Waals surface area contributed by atoms with E-state index in [-0.39, 0.29) is 44.1 Å². The lowest BCUT2D eigenvalue weighted by Crippen LogP contribution is -2.49. The van der Waals surface area contributed by atoms with Crippen LogP contribution >= 0.6 is 0 Å². The quantitative estimate of drug-likeness (QED) is 0.563. The number of benzene rings is 2. The van der Waals surface area contributed by atoms with Gasteiger partial charge in [0.15, 0.2) is 5.78 Å². The SMILES string of the molecule is [2H]CC1(C[2H])c2cc(N3C([2H])([2H])CC(N4C([2H])([2H])C([2H])([2H])OC([2H])([2H])C4([2H])[2H])CC3([2H])[2H])c(C([2H])([2H])C)cc2C(=O)c2c1[nH]c1cc(C#N)ccc21. The predicted octanol–water partition coefficient (Wildman–Crippen LogP) is 4.77. The molecule has 186 valence electrons. The number of morpholine rings is 1. The van der Waals surface area contributed by atoms with E-state index in [0.29, 0.717) is 15.8 Å². The van der Waals surface area contributed by atoms with Gasteiger partial charge in [-0.15, -0.1) is 0 Å². The van der Waals surface area contributed by atoms with E-state index in [1.807, 2.05) is 6.07 Å². The number of ether oxygens (including phenoxy) is 1. The molecule has 2 fully saturated rings. The highest BCUT2D eigenvalue weighted by Crippen LogP contribution is 2.46. The van der Waals surface area contributed by atoms with Crippen molar-refractivity contribution in [3.05, 3.63) is 63.8 Å². The largest absolute Gasteiger partial charge is 0.379 e. The van der Waals surface area contributed by atoms with Gasteiger partial charge >= 0.3 is 0 Å². The zero-order chi connectivity index (χ0) is 39.0. The number of nitrogens with zero attached hydrogens (tertiary/aromatic N) is 3. The Morgan fingerprint density at radius 3 is 2.69 bits per heavy atom. The van der Waals surface area contributed by atoms with Crippen LogP contribution in [0, 0.1) is 11.3 Å². The van der Waals surface area contributed by atoms with Crippen molar-refractivity contribution in [1.29, 1.82) is 5.26 Å². The summed E-state index contributed by atoms with van der Waals surface area (Å²) in [5, 5.41) is 9.86. The molecule has 1 N–H and O–H groups in total. The van der Waals surface area contributed by atoms with Gasteiger partial charge in [-0.1, -0.05) is 26.8 Å². The first-order chi connectivity index (χ1) is 23.6. The van der Waals surface area contributed by atoms with Crippen LogP contribution in [0.5, 0.6) is 0 Å². The fourth-order valence-electron chi connectivity index (χ4n) is 4.94. The Bertz CT molecular complexity index is 1990. The van der Waals surface area contributed by atoms with Gasteiger partial charge in [-0.3, -0.25) is 9.69 Å². The Morgan fingerprint density at radius 2 is 2.00 bits per heavy atom. The summed E-state index contributed by atoms with van der Waals surface area (Å²) in [6.07, 6.45) is -4.20. The molecule has 0 amide bonds. The maximum absolute atomic E-state index is 14.3. The van der Waals surface area contributed by atoms with Crippen molar-refractivity contribution in [3.8, 4) is 6.07 Å². The lowest BCUT2D eigenvalue weighted by molar-refractivity contribution is 0.0115. The second-order valence-electron chi connectivity index (χ2n) is 8.94. The molecule has 1 aromatic heterocycles. The number of anilines is 1. The van der Waals surface area contributed by atoms with Crippen molar-refractivity contribution >= 4 is 22.4 Å². The van der Waals surface area contributed by atoms with Gasteiger partial charge in [0.2, 0.25) is 0 Å². The van der Waals surface area contributed by atoms with Gasteiger partial charge in [-0.25, -0.2) is 0 Å². The first-order valence-electron chi connectivity index (χ1n) is 19.7. The van der Waals surface area contributed by atoms with Crippen LogP contribution < -0.4 is 4.90 Å². The minimum atomic E-state index is -3.46. The van der Waals surface area contributed by atoms with Gasteiger partial charge in [0.1, 0.15) is 0 Å². The summed E-state index contributed by atoms with van der Waals surface area (Å²) in [6, 6.07) is 7.14. The van der Waals surface area contributed by atoms with Crippen molar-refractivity contribution in [1.82, 2.24) is 9.88 Å². The number of aromatic nitrogens is 1. The summed E-state index contributed by atoms with van der Waals surface area (Å²) in [4.78, 5) is 18.1. The Morgan fingerprint density at radius 1 is 1.22 bits per heavy atom. The highest BCUT2D eigenvalue weighted by molar-refractivity contribution is 6.20. The summed E-state index contributed by atoms with van der Waals surface area (Å²) < 4.78 is 142. The van der Waals surface area contributed by atoms with E-state index in [1.54, 1.807) is 6.07 Å². The second-order valence-corrected chi connectivity index (χ2v) is 8.94. The number of hydrogen-bond donors (Lipinski definition) is 1. The van der Waals surface area contributed by atoms with Crippen molar-refractivity contribution in [2.24, 2.45) is 0 Å². The van der Waals surface area contributed by atoms with Crippen LogP contribution in [0.15, 0.2) is 30.3 Å². The molecule has 0 bridgehead atoms. The molecule has 2 saturated heterocycles. The molecule has 3 heterocycles. The number of carbonyl (C=O) groups excluding carboxylic acids is 1. The number of aryl methyl sites for hydroxylation is 1. The molecule has 0 unspecified atom stereocenters. The van der Waals surface area contributed by atoms with Crippen LogP contribution in [0.25, 0.3) is 10.9 Å². The first kappa shape index (κ1) is 11.5. The van der Waals surface area contributed by atoms with Gasteiger partial charge in [0.25, 0.3) is 0 Å². The molecule has 3 aromatic rings. The fraction of sp³-hybridized carbons (Fsp3) is 0.467. The van der Waals surface area contributed by atoms with Crippen LogP contribution in [0.1, 0.15) is 93.8 Å². The van der Waals surface area contributed by atoms with E-state index >= 15 is 0 Å². The number of H-pyrrole nitrogens is 1. The Balaban J connectivity index is 1.56. The van der Waals surface area contributed by atoms with E-state index in [0.717, 1.165) is 6.92 Å². The van der Waals surface area contributed by atoms with Crippen LogP contribution in [-0.4, -0.2) is 60.8 Å². The van der Waals surface area contributed by atoms with Crippen LogP contribution in [0.4, 0.5) is 5.69 Å². The standard InChI is InChI=1S/C30H34N4O2/c1-4-20-16-23-24(17-26(20)34-9-7-21(8-10-34)33-11-13-36-14-12-33)30(2,3)29-27(28(23)35)22-6-5-19(18-31)15-25(22)32-29/h5-6,15-17,21,32H,4,7-14H2,1-3H3/i2D,3D,4D2,9D2,10D2,11D2,12D2,13D2,14D2. The Labute approximate surface area is 235 Å². The van der Waals surface area contributed by atoms with E-state index in [2.05, 4.69) is 9.72 Å². The van der Waals surface area contributed by atoms with E-state index < -0.39 is 89.4 Å². The van der Waals surface area contributed by atoms with Gasteiger partial charge in [0, 0.05) is 81.7 Å². The average Bonchev–Trinajstić information content (AvgIpc) is 3.38. The summed E-state index contributed by atoms with van der Waals surface area (Å²) in [7, 11) is 0.